The van der Waals surface area contributed by atoms with E-state index in [0.717, 1.165) is 0 Å². The monoisotopic (exact) mass is 313 g/mol. The van der Waals surface area contributed by atoms with Crippen LogP contribution in [-0.2, 0) is 0 Å². The number of carboxylic acid groups (broad SMARTS) is 1. The first-order chi connectivity index (χ1) is 10.6. The second-order valence-electron chi connectivity index (χ2n) is 4.69. The number of aromatic nitrogens is 3. The lowest BCUT2D eigenvalue weighted by molar-refractivity contribution is 0.0697. The van der Waals surface area contributed by atoms with Gasteiger partial charge in [0.2, 0.25) is 0 Å². The van der Waals surface area contributed by atoms with Gasteiger partial charge in [0.05, 0.1) is 11.4 Å². The van der Waals surface area contributed by atoms with E-state index in [1.165, 1.54) is 4.68 Å². The van der Waals surface area contributed by atoms with Crippen molar-refractivity contribution in [1.29, 1.82) is 0 Å². The maximum absolute atomic E-state index is 11.7. The molecular formula is C16H12ClN3O2. The molecule has 110 valence electrons. The number of aromatic carboxylic acids is 1. The minimum absolute atomic E-state index is 0.124. The maximum Gasteiger partial charge on any atom is 0.339 e. The van der Waals surface area contributed by atoms with Gasteiger partial charge in [-0.3, -0.25) is 0 Å². The van der Waals surface area contributed by atoms with Crippen LogP contribution in [0.3, 0.4) is 0 Å². The summed E-state index contributed by atoms with van der Waals surface area (Å²) >= 11 is 6.25. The molecule has 0 unspecified atom stereocenters. The van der Waals surface area contributed by atoms with Crippen molar-refractivity contribution in [2.24, 2.45) is 0 Å². The van der Waals surface area contributed by atoms with Gasteiger partial charge in [0.15, 0.2) is 5.82 Å². The Morgan fingerprint density at radius 3 is 2.55 bits per heavy atom. The van der Waals surface area contributed by atoms with Gasteiger partial charge in [0, 0.05) is 16.8 Å². The second kappa shape index (κ2) is 5.61. The number of rotatable bonds is 3. The van der Waals surface area contributed by atoms with E-state index < -0.39 is 5.97 Å². The van der Waals surface area contributed by atoms with Crippen molar-refractivity contribution < 1.29 is 9.90 Å². The molecule has 5 nitrogen and oxygen atoms in total. The molecule has 0 saturated carbocycles. The van der Waals surface area contributed by atoms with Gasteiger partial charge in [-0.15, -0.1) is 0 Å². The molecule has 3 rings (SSSR count). The van der Waals surface area contributed by atoms with E-state index in [0.29, 0.717) is 27.8 Å². The Morgan fingerprint density at radius 1 is 1.18 bits per heavy atom. The van der Waals surface area contributed by atoms with Crippen molar-refractivity contribution in [1.82, 2.24) is 14.8 Å². The first-order valence-electron chi connectivity index (χ1n) is 6.59. The Morgan fingerprint density at radius 2 is 1.91 bits per heavy atom. The zero-order chi connectivity index (χ0) is 15.7. The van der Waals surface area contributed by atoms with E-state index in [1.54, 1.807) is 49.5 Å². The van der Waals surface area contributed by atoms with Crippen LogP contribution in [0, 0.1) is 6.92 Å². The molecule has 0 spiro atoms. The molecule has 1 aromatic carbocycles. The third-order valence-electron chi connectivity index (χ3n) is 3.27. The number of halogens is 1. The van der Waals surface area contributed by atoms with Gasteiger partial charge in [-0.05, 0) is 25.1 Å². The lowest BCUT2D eigenvalue weighted by Gasteiger charge is -2.09. The van der Waals surface area contributed by atoms with Gasteiger partial charge < -0.3 is 5.11 Å². The molecule has 3 aromatic rings. The summed E-state index contributed by atoms with van der Waals surface area (Å²) < 4.78 is 1.51. The van der Waals surface area contributed by atoms with Gasteiger partial charge in [-0.1, -0.05) is 35.9 Å². The molecule has 2 aromatic heterocycles. The van der Waals surface area contributed by atoms with Crippen molar-refractivity contribution in [3.63, 3.8) is 0 Å². The fourth-order valence-electron chi connectivity index (χ4n) is 2.33. The molecule has 0 aliphatic rings. The molecule has 22 heavy (non-hydrogen) atoms. The number of hydrogen-bond acceptors (Lipinski definition) is 3. The number of aryl methyl sites for hydroxylation is 1. The zero-order valence-electron chi connectivity index (χ0n) is 11.7. The van der Waals surface area contributed by atoms with E-state index in [1.807, 2.05) is 6.07 Å². The highest BCUT2D eigenvalue weighted by Gasteiger charge is 2.24. The molecule has 1 N–H and O–H groups in total. The Bertz CT molecular complexity index is 844. The van der Waals surface area contributed by atoms with E-state index in [2.05, 4.69) is 10.1 Å². The van der Waals surface area contributed by atoms with Crippen molar-refractivity contribution in [3.8, 4) is 17.1 Å². The third-order valence-corrected chi connectivity index (χ3v) is 3.60. The van der Waals surface area contributed by atoms with Crippen LogP contribution < -0.4 is 0 Å². The molecule has 0 amide bonds. The molecule has 0 saturated heterocycles. The normalized spacial score (nSPS) is 10.6. The highest BCUT2D eigenvalue weighted by Crippen LogP contribution is 2.33. The topological polar surface area (TPSA) is 68.0 Å². The number of benzene rings is 1. The lowest BCUT2D eigenvalue weighted by Crippen LogP contribution is -2.04. The average molecular weight is 314 g/mol. The molecule has 0 radical (unpaired) electrons. The van der Waals surface area contributed by atoms with Crippen LogP contribution in [-0.4, -0.2) is 25.8 Å². The minimum atomic E-state index is -1.05. The summed E-state index contributed by atoms with van der Waals surface area (Å²) in [4.78, 5) is 15.9. The van der Waals surface area contributed by atoms with E-state index in [4.69, 9.17) is 11.6 Å². The predicted octanol–water partition coefficient (Wildman–Crippen LogP) is 3.59. The summed E-state index contributed by atoms with van der Waals surface area (Å²) in [6.45, 7) is 1.66. The second-order valence-corrected chi connectivity index (χ2v) is 5.10. The molecule has 0 fully saturated rings. The van der Waals surface area contributed by atoms with Crippen molar-refractivity contribution in [2.75, 3.05) is 0 Å². The van der Waals surface area contributed by atoms with Gasteiger partial charge in [0.1, 0.15) is 5.56 Å². The summed E-state index contributed by atoms with van der Waals surface area (Å²) in [5.74, 6) is -0.511. The summed E-state index contributed by atoms with van der Waals surface area (Å²) in [7, 11) is 0. The molecule has 0 atom stereocenters. The number of carbonyl (C=O) groups is 1. The Hall–Kier alpha value is -2.66. The van der Waals surface area contributed by atoms with Crippen LogP contribution in [0.1, 0.15) is 16.1 Å². The molecule has 0 aliphatic carbocycles. The van der Waals surface area contributed by atoms with Gasteiger partial charge in [-0.2, -0.15) is 5.10 Å². The molecule has 6 heteroatoms. The Labute approximate surface area is 131 Å². The smallest absolute Gasteiger partial charge is 0.339 e. The van der Waals surface area contributed by atoms with Crippen LogP contribution in [0.25, 0.3) is 17.1 Å². The maximum atomic E-state index is 11.7. The fraction of sp³-hybridized carbons (Fsp3) is 0.0625. The lowest BCUT2D eigenvalue weighted by atomic mass is 10.1. The summed E-state index contributed by atoms with van der Waals surface area (Å²) in [5, 5.41) is 14.3. The number of carboxylic acids is 1. The standard InChI is InChI=1S/C16H12ClN3O2/c1-10-14(16(21)22)15(11-6-2-3-7-12(11)17)20(19-10)13-8-4-5-9-18-13/h2-9H,1H3,(H,21,22). The number of pyridine rings is 1. The largest absolute Gasteiger partial charge is 0.478 e. The molecule has 0 aliphatic heterocycles. The zero-order valence-corrected chi connectivity index (χ0v) is 12.4. The van der Waals surface area contributed by atoms with Gasteiger partial charge >= 0.3 is 5.97 Å². The van der Waals surface area contributed by atoms with Crippen LogP contribution in [0.5, 0.6) is 0 Å². The minimum Gasteiger partial charge on any atom is -0.478 e. The van der Waals surface area contributed by atoms with E-state index in [-0.39, 0.29) is 5.56 Å². The van der Waals surface area contributed by atoms with Gasteiger partial charge in [0.25, 0.3) is 0 Å². The highest BCUT2D eigenvalue weighted by atomic mass is 35.5. The van der Waals surface area contributed by atoms with Gasteiger partial charge in [-0.25, -0.2) is 14.5 Å². The third kappa shape index (κ3) is 2.35. The van der Waals surface area contributed by atoms with E-state index >= 15 is 0 Å². The number of hydrogen-bond donors (Lipinski definition) is 1. The van der Waals surface area contributed by atoms with Crippen molar-refractivity contribution in [3.05, 3.63) is 64.9 Å². The van der Waals surface area contributed by atoms with E-state index in [9.17, 15) is 9.90 Å². The Balaban J connectivity index is 2.36. The Kier molecular flexibility index (Phi) is 3.65. The van der Waals surface area contributed by atoms with Crippen molar-refractivity contribution >= 4 is 17.6 Å². The first kappa shape index (κ1) is 14.3. The van der Waals surface area contributed by atoms with Crippen LogP contribution in [0.2, 0.25) is 5.02 Å². The molecular weight excluding hydrogens is 302 g/mol. The first-order valence-corrected chi connectivity index (χ1v) is 6.96. The number of nitrogens with zero attached hydrogens (tertiary/aromatic N) is 3. The van der Waals surface area contributed by atoms with Crippen LogP contribution in [0.15, 0.2) is 48.7 Å². The summed E-state index contributed by atoms with van der Waals surface area (Å²) in [5.41, 5.74) is 1.56. The van der Waals surface area contributed by atoms with Crippen molar-refractivity contribution in [2.45, 2.75) is 6.92 Å². The highest BCUT2D eigenvalue weighted by molar-refractivity contribution is 6.33. The SMILES string of the molecule is Cc1nn(-c2ccccn2)c(-c2ccccc2Cl)c1C(=O)O. The quantitative estimate of drug-likeness (QED) is 0.802. The summed E-state index contributed by atoms with van der Waals surface area (Å²) in [6.07, 6.45) is 1.63. The molecule has 0 bridgehead atoms. The summed E-state index contributed by atoms with van der Waals surface area (Å²) in [6, 6.07) is 12.4. The fourth-order valence-corrected chi connectivity index (χ4v) is 2.56. The predicted molar refractivity (Wildman–Crippen MR) is 83.5 cm³/mol. The molecule has 2 heterocycles. The van der Waals surface area contributed by atoms with Crippen LogP contribution >= 0.6 is 11.6 Å². The van der Waals surface area contributed by atoms with Crippen LogP contribution in [0.4, 0.5) is 0 Å². The average Bonchev–Trinajstić information content (AvgIpc) is 2.86.